The van der Waals surface area contributed by atoms with Crippen LogP contribution in [0, 0.1) is 0 Å². The van der Waals surface area contributed by atoms with E-state index in [1.165, 1.54) is 37.8 Å². The van der Waals surface area contributed by atoms with Crippen molar-refractivity contribution in [1.82, 2.24) is 9.80 Å². The second-order valence-corrected chi connectivity index (χ2v) is 8.10. The number of hydrogen-bond acceptors (Lipinski definition) is 4. The Morgan fingerprint density at radius 1 is 0.923 bits per heavy atom. The molecular weight excluding hydrogens is 324 g/mol. The van der Waals surface area contributed by atoms with Crippen molar-refractivity contribution in [2.75, 3.05) is 62.7 Å². The largest absolute Gasteiger partial charge is 0.365 e. The summed E-state index contributed by atoms with van der Waals surface area (Å²) in [6.07, 6.45) is 6.65. The molecule has 1 aliphatic carbocycles. The van der Waals surface area contributed by atoms with Crippen LogP contribution in [-0.4, -0.2) is 74.6 Å². The Hall–Kier alpha value is -1.59. The SMILES string of the molecule is CN1CCN(CC(=O)N2CCN(C3CCCCC3)c3ccccc32)CC1. The Balaban J connectivity index is 1.47. The lowest BCUT2D eigenvalue weighted by molar-refractivity contribution is -0.120. The standard InChI is InChI=1S/C21H32N4O/c1-22-11-13-23(14-12-22)17-21(26)25-16-15-24(18-7-3-2-4-8-18)19-9-5-6-10-20(19)25/h5-6,9-10,18H,2-4,7-8,11-17H2,1H3. The summed E-state index contributed by atoms with van der Waals surface area (Å²) in [6, 6.07) is 9.17. The zero-order chi connectivity index (χ0) is 17.9. The minimum Gasteiger partial charge on any atom is -0.365 e. The van der Waals surface area contributed by atoms with Crippen LogP contribution in [0.5, 0.6) is 0 Å². The molecule has 1 saturated heterocycles. The molecular formula is C21H32N4O. The predicted molar refractivity (Wildman–Crippen MR) is 107 cm³/mol. The fraction of sp³-hybridized carbons (Fsp3) is 0.667. The summed E-state index contributed by atoms with van der Waals surface area (Å²) < 4.78 is 0. The first-order valence-corrected chi connectivity index (χ1v) is 10.3. The first kappa shape index (κ1) is 17.8. The molecule has 3 aliphatic rings. The van der Waals surface area contributed by atoms with E-state index >= 15 is 0 Å². The van der Waals surface area contributed by atoms with Crippen LogP contribution in [0.3, 0.4) is 0 Å². The normalized spacial score (nSPS) is 23.1. The molecule has 0 spiro atoms. The number of fused-ring (bicyclic) bond motifs is 1. The Bertz CT molecular complexity index is 620. The Kier molecular flexibility index (Phi) is 5.46. The first-order valence-electron chi connectivity index (χ1n) is 10.3. The van der Waals surface area contributed by atoms with Gasteiger partial charge in [0, 0.05) is 45.3 Å². The van der Waals surface area contributed by atoms with Crippen molar-refractivity contribution in [1.29, 1.82) is 0 Å². The maximum absolute atomic E-state index is 13.0. The minimum atomic E-state index is 0.255. The quantitative estimate of drug-likeness (QED) is 0.832. The predicted octanol–water partition coefficient (Wildman–Crippen LogP) is 2.42. The highest BCUT2D eigenvalue weighted by Crippen LogP contribution is 2.37. The molecule has 0 N–H and O–H groups in total. The Morgan fingerprint density at radius 2 is 1.62 bits per heavy atom. The number of likely N-dealkylation sites (N-methyl/N-ethyl adjacent to an activating group) is 1. The molecule has 1 aromatic carbocycles. The molecule has 1 saturated carbocycles. The topological polar surface area (TPSA) is 30.0 Å². The molecule has 26 heavy (non-hydrogen) atoms. The lowest BCUT2D eigenvalue weighted by atomic mass is 9.93. The van der Waals surface area contributed by atoms with Gasteiger partial charge in [-0.05, 0) is 32.0 Å². The molecule has 2 heterocycles. The molecule has 5 heteroatoms. The molecule has 2 fully saturated rings. The van der Waals surface area contributed by atoms with Crippen LogP contribution in [-0.2, 0) is 4.79 Å². The highest BCUT2D eigenvalue weighted by atomic mass is 16.2. The van der Waals surface area contributed by atoms with Crippen molar-refractivity contribution >= 4 is 17.3 Å². The molecule has 0 aromatic heterocycles. The van der Waals surface area contributed by atoms with E-state index < -0.39 is 0 Å². The van der Waals surface area contributed by atoms with Crippen LogP contribution in [0.25, 0.3) is 0 Å². The van der Waals surface area contributed by atoms with Gasteiger partial charge in [0.25, 0.3) is 0 Å². The van der Waals surface area contributed by atoms with Gasteiger partial charge in [-0.25, -0.2) is 0 Å². The van der Waals surface area contributed by atoms with E-state index in [0.29, 0.717) is 12.6 Å². The van der Waals surface area contributed by atoms with E-state index in [2.05, 4.69) is 46.0 Å². The lowest BCUT2D eigenvalue weighted by Crippen LogP contribution is -2.52. The number of nitrogens with zero attached hydrogens (tertiary/aromatic N) is 4. The summed E-state index contributed by atoms with van der Waals surface area (Å²) in [5.41, 5.74) is 2.38. The van der Waals surface area contributed by atoms with Gasteiger partial charge in [-0.1, -0.05) is 31.4 Å². The summed E-state index contributed by atoms with van der Waals surface area (Å²) in [5.74, 6) is 0.255. The van der Waals surface area contributed by atoms with Gasteiger partial charge >= 0.3 is 0 Å². The number of anilines is 2. The molecule has 0 radical (unpaired) electrons. The number of rotatable bonds is 3. The van der Waals surface area contributed by atoms with Crippen LogP contribution in [0.4, 0.5) is 11.4 Å². The van der Waals surface area contributed by atoms with Gasteiger partial charge in [0.1, 0.15) is 0 Å². The summed E-state index contributed by atoms with van der Waals surface area (Å²) in [4.78, 5) is 22.3. The Morgan fingerprint density at radius 3 is 2.35 bits per heavy atom. The van der Waals surface area contributed by atoms with Crippen molar-refractivity contribution < 1.29 is 4.79 Å². The van der Waals surface area contributed by atoms with Crippen molar-refractivity contribution in [3.8, 4) is 0 Å². The summed E-state index contributed by atoms with van der Waals surface area (Å²) in [6.45, 7) is 6.43. The van der Waals surface area contributed by atoms with Crippen LogP contribution in [0.15, 0.2) is 24.3 Å². The zero-order valence-corrected chi connectivity index (χ0v) is 16.1. The summed E-state index contributed by atoms with van der Waals surface area (Å²) in [5, 5.41) is 0. The van der Waals surface area contributed by atoms with Gasteiger partial charge < -0.3 is 14.7 Å². The molecule has 0 unspecified atom stereocenters. The van der Waals surface area contributed by atoms with Gasteiger partial charge in [-0.15, -0.1) is 0 Å². The molecule has 2 aliphatic heterocycles. The molecule has 142 valence electrons. The number of hydrogen-bond donors (Lipinski definition) is 0. The number of para-hydroxylation sites is 2. The number of piperazine rings is 1. The fourth-order valence-corrected chi connectivity index (χ4v) is 4.70. The minimum absolute atomic E-state index is 0.255. The maximum Gasteiger partial charge on any atom is 0.241 e. The second kappa shape index (κ2) is 7.97. The zero-order valence-electron chi connectivity index (χ0n) is 16.1. The van der Waals surface area contributed by atoms with Gasteiger partial charge in [0.2, 0.25) is 5.91 Å². The van der Waals surface area contributed by atoms with Crippen LogP contribution < -0.4 is 9.80 Å². The fourth-order valence-electron chi connectivity index (χ4n) is 4.70. The third kappa shape index (κ3) is 3.74. The average molecular weight is 357 g/mol. The number of amides is 1. The Labute approximate surface area is 157 Å². The number of carbonyl (C=O) groups is 1. The molecule has 4 rings (SSSR count). The molecule has 0 bridgehead atoms. The van der Waals surface area contributed by atoms with Gasteiger partial charge in [-0.2, -0.15) is 0 Å². The molecule has 5 nitrogen and oxygen atoms in total. The average Bonchev–Trinajstić information content (AvgIpc) is 2.69. The van der Waals surface area contributed by atoms with E-state index in [1.54, 1.807) is 0 Å². The van der Waals surface area contributed by atoms with Gasteiger partial charge in [0.15, 0.2) is 0 Å². The van der Waals surface area contributed by atoms with E-state index in [0.717, 1.165) is 45.0 Å². The lowest BCUT2D eigenvalue weighted by Gasteiger charge is -2.43. The summed E-state index contributed by atoms with van der Waals surface area (Å²) in [7, 11) is 2.15. The second-order valence-electron chi connectivity index (χ2n) is 8.10. The number of carbonyl (C=O) groups excluding carboxylic acids is 1. The molecule has 1 amide bonds. The van der Waals surface area contributed by atoms with E-state index in [-0.39, 0.29) is 5.91 Å². The maximum atomic E-state index is 13.0. The van der Waals surface area contributed by atoms with Gasteiger partial charge in [-0.3, -0.25) is 9.69 Å². The smallest absolute Gasteiger partial charge is 0.241 e. The van der Waals surface area contributed by atoms with E-state index in [1.807, 2.05) is 4.90 Å². The van der Waals surface area contributed by atoms with Crippen molar-refractivity contribution in [2.45, 2.75) is 38.1 Å². The number of benzene rings is 1. The van der Waals surface area contributed by atoms with E-state index in [4.69, 9.17) is 0 Å². The van der Waals surface area contributed by atoms with Crippen molar-refractivity contribution in [3.05, 3.63) is 24.3 Å². The molecule has 1 aromatic rings. The highest BCUT2D eigenvalue weighted by Gasteiger charge is 2.31. The highest BCUT2D eigenvalue weighted by molar-refractivity contribution is 5.99. The van der Waals surface area contributed by atoms with Crippen LogP contribution >= 0.6 is 0 Å². The molecule has 0 atom stereocenters. The third-order valence-corrected chi connectivity index (χ3v) is 6.32. The van der Waals surface area contributed by atoms with Gasteiger partial charge in [0.05, 0.1) is 17.9 Å². The van der Waals surface area contributed by atoms with Crippen LogP contribution in [0.2, 0.25) is 0 Å². The summed E-state index contributed by atoms with van der Waals surface area (Å²) >= 11 is 0. The van der Waals surface area contributed by atoms with Crippen LogP contribution in [0.1, 0.15) is 32.1 Å². The van der Waals surface area contributed by atoms with Crippen molar-refractivity contribution in [3.63, 3.8) is 0 Å². The third-order valence-electron chi connectivity index (χ3n) is 6.32. The van der Waals surface area contributed by atoms with Crippen molar-refractivity contribution in [2.24, 2.45) is 0 Å². The first-order chi connectivity index (χ1) is 12.7. The monoisotopic (exact) mass is 356 g/mol. The van der Waals surface area contributed by atoms with E-state index in [9.17, 15) is 4.79 Å².